The largest absolute Gasteiger partial charge is 0.397 e. The molecule has 1 aromatic carbocycles. The van der Waals surface area contributed by atoms with Crippen molar-refractivity contribution in [3.05, 3.63) is 36.1 Å². The lowest BCUT2D eigenvalue weighted by Gasteiger charge is -2.15. The standard InChI is InChI=1S/C12H14N4O2/c1-16(2)10-4-3-8(7-9(10)13)12(17)14-11-5-6-18-15-11/h3-7H,13H2,1-2H3,(H,14,15,17). The maximum Gasteiger partial charge on any atom is 0.256 e. The van der Waals surface area contributed by atoms with Gasteiger partial charge in [0.15, 0.2) is 5.82 Å². The molecule has 0 bridgehead atoms. The fourth-order valence-electron chi connectivity index (χ4n) is 1.57. The van der Waals surface area contributed by atoms with Gasteiger partial charge in [-0.2, -0.15) is 0 Å². The Balaban J connectivity index is 2.19. The molecule has 1 amide bonds. The average molecular weight is 246 g/mol. The van der Waals surface area contributed by atoms with Gasteiger partial charge >= 0.3 is 0 Å². The Morgan fingerprint density at radius 2 is 2.17 bits per heavy atom. The van der Waals surface area contributed by atoms with E-state index in [1.54, 1.807) is 24.3 Å². The van der Waals surface area contributed by atoms with Crippen molar-refractivity contribution in [2.75, 3.05) is 30.0 Å². The molecule has 0 spiro atoms. The highest BCUT2D eigenvalue weighted by Crippen LogP contribution is 2.22. The van der Waals surface area contributed by atoms with Crippen molar-refractivity contribution >= 4 is 23.1 Å². The van der Waals surface area contributed by atoms with Gasteiger partial charge < -0.3 is 20.5 Å². The summed E-state index contributed by atoms with van der Waals surface area (Å²) >= 11 is 0. The molecule has 0 aliphatic heterocycles. The van der Waals surface area contributed by atoms with Crippen molar-refractivity contribution in [2.45, 2.75) is 0 Å². The summed E-state index contributed by atoms with van der Waals surface area (Å²) in [5.41, 5.74) is 7.77. The second kappa shape index (κ2) is 4.79. The van der Waals surface area contributed by atoms with Gasteiger partial charge in [-0.05, 0) is 18.2 Å². The van der Waals surface area contributed by atoms with Gasteiger partial charge in [-0.3, -0.25) is 4.79 Å². The summed E-state index contributed by atoms with van der Waals surface area (Å²) in [5.74, 6) is 0.0937. The van der Waals surface area contributed by atoms with E-state index in [1.165, 1.54) is 6.26 Å². The summed E-state index contributed by atoms with van der Waals surface area (Å²) < 4.78 is 4.63. The van der Waals surface area contributed by atoms with Crippen molar-refractivity contribution < 1.29 is 9.32 Å². The van der Waals surface area contributed by atoms with Crippen LogP contribution in [0, 0.1) is 0 Å². The van der Waals surface area contributed by atoms with Crippen LogP contribution < -0.4 is 16.0 Å². The van der Waals surface area contributed by atoms with Crippen LogP contribution in [-0.2, 0) is 0 Å². The zero-order valence-electron chi connectivity index (χ0n) is 10.2. The quantitative estimate of drug-likeness (QED) is 0.803. The first-order valence-corrected chi connectivity index (χ1v) is 5.36. The molecule has 0 fully saturated rings. The van der Waals surface area contributed by atoms with Crippen molar-refractivity contribution in [1.82, 2.24) is 5.16 Å². The van der Waals surface area contributed by atoms with Crippen molar-refractivity contribution in [3.8, 4) is 0 Å². The van der Waals surface area contributed by atoms with Crippen LogP contribution in [0.1, 0.15) is 10.4 Å². The fraction of sp³-hybridized carbons (Fsp3) is 0.167. The fourth-order valence-corrected chi connectivity index (χ4v) is 1.57. The molecule has 0 saturated carbocycles. The maximum atomic E-state index is 11.9. The van der Waals surface area contributed by atoms with Crippen LogP contribution in [0.4, 0.5) is 17.2 Å². The van der Waals surface area contributed by atoms with E-state index < -0.39 is 0 Å². The van der Waals surface area contributed by atoms with E-state index in [1.807, 2.05) is 19.0 Å². The Kier molecular flexibility index (Phi) is 3.18. The minimum atomic E-state index is -0.277. The van der Waals surface area contributed by atoms with E-state index >= 15 is 0 Å². The van der Waals surface area contributed by atoms with E-state index in [4.69, 9.17) is 5.73 Å². The number of anilines is 3. The molecule has 0 aliphatic carbocycles. The molecule has 0 atom stereocenters. The third-order valence-corrected chi connectivity index (χ3v) is 2.45. The molecule has 2 aromatic rings. The van der Waals surface area contributed by atoms with Crippen LogP contribution >= 0.6 is 0 Å². The average Bonchev–Trinajstić information content (AvgIpc) is 2.81. The number of nitrogens with zero attached hydrogens (tertiary/aromatic N) is 2. The molecule has 6 heteroatoms. The smallest absolute Gasteiger partial charge is 0.256 e. The molecule has 6 nitrogen and oxygen atoms in total. The van der Waals surface area contributed by atoms with Crippen LogP contribution in [0.2, 0.25) is 0 Å². The SMILES string of the molecule is CN(C)c1ccc(C(=O)Nc2ccon2)cc1N. The topological polar surface area (TPSA) is 84.4 Å². The number of nitrogens with two attached hydrogens (primary N) is 1. The summed E-state index contributed by atoms with van der Waals surface area (Å²) in [5, 5.41) is 6.20. The zero-order chi connectivity index (χ0) is 13.1. The van der Waals surface area contributed by atoms with Gasteiger partial charge in [0.05, 0.1) is 11.4 Å². The van der Waals surface area contributed by atoms with E-state index in [0.29, 0.717) is 17.1 Å². The van der Waals surface area contributed by atoms with Crippen LogP contribution in [0.3, 0.4) is 0 Å². The Bertz CT molecular complexity index is 549. The summed E-state index contributed by atoms with van der Waals surface area (Å²) in [6.07, 6.45) is 1.39. The van der Waals surface area contributed by atoms with Gasteiger partial charge in [-0.25, -0.2) is 0 Å². The van der Waals surface area contributed by atoms with Gasteiger partial charge in [0.25, 0.3) is 5.91 Å². The van der Waals surface area contributed by atoms with Crippen LogP contribution in [0.25, 0.3) is 0 Å². The minimum absolute atomic E-state index is 0.277. The number of nitrogen functional groups attached to an aromatic ring is 1. The monoisotopic (exact) mass is 246 g/mol. The highest BCUT2D eigenvalue weighted by atomic mass is 16.5. The second-order valence-electron chi connectivity index (χ2n) is 4.01. The summed E-state index contributed by atoms with van der Waals surface area (Å²) in [7, 11) is 3.78. The highest BCUT2D eigenvalue weighted by molar-refractivity contribution is 6.04. The van der Waals surface area contributed by atoms with Crippen molar-refractivity contribution in [2.24, 2.45) is 0 Å². The highest BCUT2D eigenvalue weighted by Gasteiger charge is 2.10. The number of nitrogens with one attached hydrogen (secondary N) is 1. The first-order chi connectivity index (χ1) is 8.58. The number of aromatic nitrogens is 1. The number of amides is 1. The van der Waals surface area contributed by atoms with Gasteiger partial charge in [0, 0.05) is 25.7 Å². The lowest BCUT2D eigenvalue weighted by atomic mass is 10.1. The molecule has 1 heterocycles. The lowest BCUT2D eigenvalue weighted by molar-refractivity contribution is 0.102. The van der Waals surface area contributed by atoms with Gasteiger partial charge in [0.2, 0.25) is 0 Å². The Hall–Kier alpha value is -2.50. The number of carbonyl (C=O) groups excluding carboxylic acids is 1. The van der Waals surface area contributed by atoms with E-state index in [9.17, 15) is 4.79 Å². The van der Waals surface area contributed by atoms with Gasteiger partial charge in [-0.1, -0.05) is 5.16 Å². The Morgan fingerprint density at radius 3 is 2.72 bits per heavy atom. The predicted molar refractivity (Wildman–Crippen MR) is 69.6 cm³/mol. The Morgan fingerprint density at radius 1 is 1.39 bits per heavy atom. The lowest BCUT2D eigenvalue weighted by Crippen LogP contribution is -2.15. The van der Waals surface area contributed by atoms with E-state index in [-0.39, 0.29) is 5.91 Å². The van der Waals surface area contributed by atoms with Crippen LogP contribution in [0.15, 0.2) is 35.1 Å². The normalized spacial score (nSPS) is 10.1. The molecule has 0 saturated heterocycles. The first-order valence-electron chi connectivity index (χ1n) is 5.36. The maximum absolute atomic E-state index is 11.9. The number of rotatable bonds is 3. The van der Waals surface area contributed by atoms with Crippen LogP contribution in [-0.4, -0.2) is 25.2 Å². The minimum Gasteiger partial charge on any atom is -0.397 e. The molecule has 0 aliphatic rings. The Labute approximate surface area is 104 Å². The molecular weight excluding hydrogens is 232 g/mol. The molecule has 94 valence electrons. The number of benzene rings is 1. The summed E-state index contributed by atoms with van der Waals surface area (Å²) in [6.45, 7) is 0. The number of carbonyl (C=O) groups is 1. The van der Waals surface area contributed by atoms with Gasteiger partial charge in [0.1, 0.15) is 6.26 Å². The first kappa shape index (κ1) is 12.0. The predicted octanol–water partition coefficient (Wildman–Crippen LogP) is 1.58. The third-order valence-electron chi connectivity index (χ3n) is 2.45. The molecular formula is C12H14N4O2. The number of hydrogen-bond acceptors (Lipinski definition) is 5. The zero-order valence-corrected chi connectivity index (χ0v) is 10.2. The van der Waals surface area contributed by atoms with Crippen LogP contribution in [0.5, 0.6) is 0 Å². The third kappa shape index (κ3) is 2.42. The second-order valence-corrected chi connectivity index (χ2v) is 4.01. The molecule has 18 heavy (non-hydrogen) atoms. The molecule has 2 rings (SSSR count). The molecule has 3 N–H and O–H groups in total. The van der Waals surface area contributed by atoms with Gasteiger partial charge in [-0.15, -0.1) is 0 Å². The van der Waals surface area contributed by atoms with Crippen molar-refractivity contribution in [1.29, 1.82) is 0 Å². The molecule has 1 aromatic heterocycles. The summed E-state index contributed by atoms with van der Waals surface area (Å²) in [4.78, 5) is 13.8. The number of hydrogen-bond donors (Lipinski definition) is 2. The van der Waals surface area contributed by atoms with E-state index in [2.05, 4.69) is 15.0 Å². The molecule has 0 radical (unpaired) electrons. The van der Waals surface area contributed by atoms with Crippen molar-refractivity contribution in [3.63, 3.8) is 0 Å². The molecule has 0 unspecified atom stereocenters. The summed E-state index contributed by atoms with van der Waals surface area (Å²) in [6, 6.07) is 6.70. The van der Waals surface area contributed by atoms with E-state index in [0.717, 1.165) is 5.69 Å².